The zero-order valence-electron chi connectivity index (χ0n) is 20.9. The van der Waals surface area contributed by atoms with Crippen molar-refractivity contribution in [3.8, 4) is 5.75 Å². The van der Waals surface area contributed by atoms with Crippen LogP contribution in [0, 0.1) is 11.7 Å². The molecule has 1 amide bonds. The van der Waals surface area contributed by atoms with E-state index in [4.69, 9.17) is 24.0 Å². The number of ether oxygens (including phenoxy) is 3. The number of carbonyl (C=O) groups is 1. The third kappa shape index (κ3) is 5.72. The fraction of sp³-hybridized carbons (Fsp3) is 0.727. The number of phosphoric acid groups is 1. The van der Waals surface area contributed by atoms with Gasteiger partial charge in [-0.2, -0.15) is 0 Å². The molecule has 1 aromatic heterocycles. The van der Waals surface area contributed by atoms with Crippen LogP contribution < -0.4 is 15.2 Å². The number of hydrogen-bond donors (Lipinski definition) is 7. The Labute approximate surface area is 217 Å². The summed E-state index contributed by atoms with van der Waals surface area (Å²) in [5.41, 5.74) is -0.329. The summed E-state index contributed by atoms with van der Waals surface area (Å²) in [6.45, 7) is 3.52. The van der Waals surface area contributed by atoms with Crippen LogP contribution in [0.2, 0.25) is 0 Å². The summed E-state index contributed by atoms with van der Waals surface area (Å²) in [4.78, 5) is 34.2. The SMILES string of the molecule is CC[C@@H]1[C@H](O)[C@H](NC)[C@H]2O[C@]3(O)[C@H](O[C@@H]2[C@H]1O)O[C@H](C)C[C@H]3NC(=O)Cc1ncc(OP(=O)(O)O)cc1F. The highest BCUT2D eigenvalue weighted by molar-refractivity contribution is 7.46. The molecule has 7 N–H and O–H groups in total. The van der Waals surface area contributed by atoms with Gasteiger partial charge in [0.05, 0.1) is 48.7 Å². The lowest BCUT2D eigenvalue weighted by atomic mass is 9.74. The van der Waals surface area contributed by atoms with Gasteiger partial charge in [-0.1, -0.05) is 6.92 Å². The predicted octanol–water partition coefficient (Wildman–Crippen LogP) is -1.32. The average Bonchev–Trinajstić information content (AvgIpc) is 2.80. The molecule has 10 atom stereocenters. The molecule has 0 radical (unpaired) electrons. The lowest BCUT2D eigenvalue weighted by Gasteiger charge is -2.58. The highest BCUT2D eigenvalue weighted by Crippen LogP contribution is 2.43. The van der Waals surface area contributed by atoms with Crippen molar-refractivity contribution in [3.63, 3.8) is 0 Å². The van der Waals surface area contributed by atoms with Crippen molar-refractivity contribution in [2.24, 2.45) is 5.92 Å². The van der Waals surface area contributed by atoms with Crippen LogP contribution in [0.3, 0.4) is 0 Å². The second-order valence-electron chi connectivity index (χ2n) is 9.80. The maximum Gasteiger partial charge on any atom is 0.524 e. The number of aliphatic hydroxyl groups is 3. The molecule has 0 spiro atoms. The van der Waals surface area contributed by atoms with Crippen molar-refractivity contribution in [1.82, 2.24) is 15.6 Å². The third-order valence-electron chi connectivity index (χ3n) is 7.21. The van der Waals surface area contributed by atoms with Gasteiger partial charge in [0.15, 0.2) is 5.75 Å². The van der Waals surface area contributed by atoms with Crippen LogP contribution in [0.4, 0.5) is 4.39 Å². The summed E-state index contributed by atoms with van der Waals surface area (Å²) in [6.07, 6.45) is -5.06. The molecule has 3 heterocycles. The van der Waals surface area contributed by atoms with E-state index in [9.17, 15) is 29.1 Å². The van der Waals surface area contributed by atoms with Crippen molar-refractivity contribution in [3.05, 3.63) is 23.8 Å². The van der Waals surface area contributed by atoms with Gasteiger partial charge >= 0.3 is 7.82 Å². The van der Waals surface area contributed by atoms with Crippen LogP contribution in [0.25, 0.3) is 0 Å². The number of pyridine rings is 1. The minimum Gasteiger partial charge on any atom is -0.402 e. The third-order valence-corrected chi connectivity index (χ3v) is 7.66. The summed E-state index contributed by atoms with van der Waals surface area (Å²) in [5, 5.41) is 38.8. The van der Waals surface area contributed by atoms with Crippen LogP contribution in [0.15, 0.2) is 12.3 Å². The van der Waals surface area contributed by atoms with E-state index in [1.807, 2.05) is 6.92 Å². The van der Waals surface area contributed by atoms with Gasteiger partial charge in [0, 0.05) is 12.0 Å². The first-order chi connectivity index (χ1) is 17.8. The Morgan fingerprint density at radius 1 is 1.29 bits per heavy atom. The first-order valence-corrected chi connectivity index (χ1v) is 13.7. The molecule has 2 saturated heterocycles. The maximum atomic E-state index is 14.4. The molecule has 3 fully saturated rings. The van der Waals surface area contributed by atoms with Crippen LogP contribution in [-0.2, 0) is 30.0 Å². The normalized spacial score (nSPS) is 39.1. The van der Waals surface area contributed by atoms with E-state index in [2.05, 4.69) is 20.1 Å². The molecule has 2 aliphatic heterocycles. The number of nitrogens with zero attached hydrogens (tertiary/aromatic N) is 1. The Hall–Kier alpha value is -1.78. The number of carbonyl (C=O) groups excluding carboxylic acids is 1. The molecule has 0 unspecified atom stereocenters. The molecule has 4 rings (SSSR count). The number of amides is 1. The number of rotatable bonds is 7. The van der Waals surface area contributed by atoms with Gasteiger partial charge in [-0.25, -0.2) is 8.96 Å². The Bertz CT molecular complexity index is 1080. The van der Waals surface area contributed by atoms with Gasteiger partial charge in [-0.3, -0.25) is 19.6 Å². The fourth-order valence-corrected chi connectivity index (χ4v) is 5.78. The standard InChI is InChI=1S/C22H33FN3O11P/c1-4-11-17(28)16(24-3)19-20(18(11)29)35-21-22(30,36-19)14(5-9(2)34-21)26-15(27)7-13-12(23)6-10(8-25-13)37-38(31,32)33/h6,8-9,11,14,16-21,24,28-30H,4-5,7H2,1-3H3,(H,26,27)(H2,31,32,33)/t9-,11-,14-,16+,17+,18+,19-,20-,21+,22+/m1/s1. The Balaban J connectivity index is 1.51. The predicted molar refractivity (Wildman–Crippen MR) is 125 cm³/mol. The van der Waals surface area contributed by atoms with E-state index in [0.717, 1.165) is 6.20 Å². The number of fused-ring (bicyclic) bond motifs is 2. The molecule has 3 aliphatic rings. The summed E-state index contributed by atoms with van der Waals surface area (Å²) >= 11 is 0. The Kier molecular flexibility index (Phi) is 8.46. The van der Waals surface area contributed by atoms with E-state index in [1.165, 1.54) is 0 Å². The lowest BCUT2D eigenvalue weighted by Crippen LogP contribution is -2.77. The molecule has 1 aliphatic carbocycles. The first-order valence-electron chi connectivity index (χ1n) is 12.2. The smallest absolute Gasteiger partial charge is 0.402 e. The van der Waals surface area contributed by atoms with Crippen LogP contribution >= 0.6 is 7.82 Å². The Morgan fingerprint density at radius 3 is 2.61 bits per heavy atom. The van der Waals surface area contributed by atoms with Crippen LogP contribution in [0.1, 0.15) is 32.4 Å². The van der Waals surface area contributed by atoms with E-state index in [0.29, 0.717) is 12.5 Å². The highest BCUT2D eigenvalue weighted by atomic mass is 31.2. The van der Waals surface area contributed by atoms with Crippen LogP contribution in [-0.4, -0.2) is 97.7 Å². The van der Waals surface area contributed by atoms with Crippen molar-refractivity contribution in [2.45, 2.75) is 87.8 Å². The van der Waals surface area contributed by atoms with Gasteiger partial charge < -0.3 is 44.7 Å². The molecule has 1 aromatic rings. The van der Waals surface area contributed by atoms with Gasteiger partial charge in [-0.05, 0) is 26.8 Å². The monoisotopic (exact) mass is 565 g/mol. The number of halogens is 1. The summed E-state index contributed by atoms with van der Waals surface area (Å²) in [7, 11) is -3.32. The van der Waals surface area contributed by atoms with Gasteiger partial charge in [-0.15, -0.1) is 0 Å². The number of hydrogen-bond acceptors (Lipinski definition) is 11. The van der Waals surface area contributed by atoms with Crippen molar-refractivity contribution in [2.75, 3.05) is 7.05 Å². The zero-order valence-corrected chi connectivity index (χ0v) is 21.8. The number of phosphoric ester groups is 1. The van der Waals surface area contributed by atoms with Gasteiger partial charge in [0.2, 0.25) is 18.0 Å². The molecule has 14 nitrogen and oxygen atoms in total. The van der Waals surface area contributed by atoms with E-state index < -0.39 is 92.3 Å². The molecule has 0 aromatic carbocycles. The molecule has 38 heavy (non-hydrogen) atoms. The number of aliphatic hydroxyl groups excluding tert-OH is 2. The molecule has 16 heteroatoms. The van der Waals surface area contributed by atoms with Gasteiger partial charge in [0.25, 0.3) is 0 Å². The minimum atomic E-state index is -4.92. The molecular formula is C22H33FN3O11P. The average molecular weight is 565 g/mol. The van der Waals surface area contributed by atoms with Crippen molar-refractivity contribution in [1.29, 1.82) is 0 Å². The van der Waals surface area contributed by atoms with Gasteiger partial charge in [0.1, 0.15) is 18.0 Å². The topological polar surface area (TPSA) is 209 Å². The number of nitrogens with one attached hydrogen (secondary N) is 2. The second kappa shape index (κ2) is 11.0. The van der Waals surface area contributed by atoms with E-state index in [1.54, 1.807) is 14.0 Å². The Morgan fingerprint density at radius 2 is 2.00 bits per heavy atom. The molecule has 1 saturated carbocycles. The first kappa shape index (κ1) is 29.2. The molecule has 0 bridgehead atoms. The number of likely N-dealkylation sites (N-methyl/N-ethyl adjacent to an activating group) is 1. The summed E-state index contributed by atoms with van der Waals surface area (Å²) < 4.78 is 47.4. The highest BCUT2D eigenvalue weighted by Gasteiger charge is 2.63. The van der Waals surface area contributed by atoms with Crippen molar-refractivity contribution >= 4 is 13.7 Å². The van der Waals surface area contributed by atoms with E-state index >= 15 is 0 Å². The summed E-state index contributed by atoms with van der Waals surface area (Å²) in [6, 6.07) is -1.10. The number of aromatic nitrogens is 1. The van der Waals surface area contributed by atoms with Crippen molar-refractivity contribution < 1.29 is 57.6 Å². The minimum absolute atomic E-state index is 0.0946. The second-order valence-corrected chi connectivity index (χ2v) is 11.0. The molecule has 214 valence electrons. The lowest BCUT2D eigenvalue weighted by molar-refractivity contribution is -0.450. The quantitative estimate of drug-likeness (QED) is 0.192. The van der Waals surface area contributed by atoms with E-state index in [-0.39, 0.29) is 12.1 Å². The fourth-order valence-electron chi connectivity index (χ4n) is 5.40. The summed E-state index contributed by atoms with van der Waals surface area (Å²) in [5.74, 6) is -5.00. The molecular weight excluding hydrogens is 532 g/mol. The zero-order chi connectivity index (χ0) is 28.0. The maximum absolute atomic E-state index is 14.4. The largest absolute Gasteiger partial charge is 0.524 e. The van der Waals surface area contributed by atoms with Crippen LogP contribution in [0.5, 0.6) is 5.75 Å².